The van der Waals surface area contributed by atoms with E-state index in [2.05, 4.69) is 25.5 Å². The number of hydrogen-bond acceptors (Lipinski definition) is 14. The van der Waals surface area contributed by atoms with Crippen molar-refractivity contribution in [2.75, 3.05) is 11.6 Å². The van der Waals surface area contributed by atoms with Crippen molar-refractivity contribution < 1.29 is 52.4 Å². The van der Waals surface area contributed by atoms with E-state index in [1.54, 1.807) is 6.07 Å². The number of nitrogens with zero attached hydrogens (tertiary/aromatic N) is 4. The molecular weight excluding hydrogens is 807 g/mol. The van der Waals surface area contributed by atoms with Crippen molar-refractivity contribution in [2.45, 2.75) is 26.8 Å². The topological polar surface area (TPSA) is 280 Å². The second kappa shape index (κ2) is 16.6. The quantitative estimate of drug-likeness (QED) is 0.0647. The van der Waals surface area contributed by atoms with E-state index < -0.39 is 99.4 Å². The predicted molar refractivity (Wildman–Crippen MR) is 189 cm³/mol. The van der Waals surface area contributed by atoms with Gasteiger partial charge < -0.3 is 10.4 Å². The van der Waals surface area contributed by atoms with Crippen molar-refractivity contribution in [2.24, 2.45) is 10.2 Å². The van der Waals surface area contributed by atoms with Crippen LogP contribution in [-0.4, -0.2) is 157 Å². The molecule has 5 aromatic rings. The number of benzene rings is 4. The number of anilines is 2. The molecule has 255 valence electrons. The van der Waals surface area contributed by atoms with Crippen molar-refractivity contribution in [3.8, 4) is 5.75 Å². The first kappa shape index (κ1) is 45.8. The first-order chi connectivity index (χ1) is 22.1. The van der Waals surface area contributed by atoms with Crippen LogP contribution in [0.3, 0.4) is 0 Å². The Hall–Kier alpha value is -1.35. The molecule has 0 saturated heterocycles. The zero-order valence-electron chi connectivity index (χ0n) is 27.1. The second-order valence-corrected chi connectivity index (χ2v) is 16.5. The maximum Gasteiger partial charge on any atom is 0.297 e. The number of aromatic nitrogens is 2. The molecule has 0 aliphatic heterocycles. The van der Waals surface area contributed by atoms with Gasteiger partial charge in [-0.2, -0.15) is 30.2 Å². The summed E-state index contributed by atoms with van der Waals surface area (Å²) in [6, 6.07) is 10.7. The Morgan fingerprint density at radius 2 is 1.39 bits per heavy atom. The molecule has 0 amide bonds. The van der Waals surface area contributed by atoms with Crippen LogP contribution < -0.4 is 5.32 Å². The van der Waals surface area contributed by atoms with Gasteiger partial charge in [-0.3, -0.25) is 13.7 Å². The summed E-state index contributed by atoms with van der Waals surface area (Å²) in [5.74, 6) is -1.51. The van der Waals surface area contributed by atoms with Gasteiger partial charge in [0.1, 0.15) is 26.2 Å². The number of aryl methyl sites for hydroxylation is 1. The van der Waals surface area contributed by atoms with Crippen LogP contribution in [0.15, 0.2) is 84.7 Å². The maximum atomic E-state index is 12.5. The van der Waals surface area contributed by atoms with Gasteiger partial charge in [0.2, 0.25) is 15.0 Å². The van der Waals surface area contributed by atoms with Gasteiger partial charge in [0, 0.05) is 106 Å². The Labute approximate surface area is 362 Å². The number of phenolic OH excluding ortho intramolecular Hbond substituents is 1. The normalized spacial score (nSPS) is 12.3. The third-order valence-electron chi connectivity index (χ3n) is 6.65. The number of halogens is 1. The minimum atomic E-state index is -5.30. The van der Waals surface area contributed by atoms with E-state index in [1.807, 2.05) is 0 Å². The number of fused-ring (bicyclic) bond motifs is 2. The summed E-state index contributed by atoms with van der Waals surface area (Å²) in [5, 5.41) is 20.0. The standard InChI is InChI=1S/C26H20ClN5O12S4.3Na/c1-12-21(27)25(30-26(28-12)45(2,34)35)29-18-11-15(46(36,37)38)9-14-10-19(47(39,40)41)22(23(33)20(14)18)32-31-17-8-7-13-5-3-4-6-16(13)24(17)48(42,43)44;;;/h3-11,33H,1-2H3,(H,28,29,30)(H,36,37,38)(H,39,40,41)(H,42,43,44);;;. The van der Waals surface area contributed by atoms with Crippen LogP contribution in [0.4, 0.5) is 22.9 Å². The Morgan fingerprint density at radius 3 is 1.96 bits per heavy atom. The number of hydrogen-bond donors (Lipinski definition) is 5. The Balaban J connectivity index is 0.00000300. The summed E-state index contributed by atoms with van der Waals surface area (Å²) >= 11 is 6.28. The molecule has 0 aliphatic rings. The van der Waals surface area contributed by atoms with Gasteiger partial charge in [0.05, 0.1) is 16.3 Å². The van der Waals surface area contributed by atoms with Crippen molar-refractivity contribution in [3.05, 3.63) is 65.3 Å². The number of sulfone groups is 1. The Bertz CT molecular complexity index is 2700. The Kier molecular flexibility index (Phi) is 14.9. The minimum Gasteiger partial charge on any atom is -0.505 e. The van der Waals surface area contributed by atoms with Crippen molar-refractivity contribution in [1.82, 2.24) is 9.97 Å². The predicted octanol–water partition coefficient (Wildman–Crippen LogP) is 3.61. The monoisotopic (exact) mass is 826 g/mol. The SMILES string of the molecule is Cc1nc(S(C)(=O)=O)nc(Nc2cc(S(=O)(=O)O)cc3cc(S(=O)(=O)O)c(N=Nc4ccc5ccccc5c4S(=O)(=O)O)c(O)c23)c1Cl.[Na].[Na].[Na]. The van der Waals surface area contributed by atoms with Gasteiger partial charge >= 0.3 is 0 Å². The number of azo groups is 1. The molecule has 25 heteroatoms. The Morgan fingerprint density at radius 1 is 0.765 bits per heavy atom. The van der Waals surface area contributed by atoms with Gasteiger partial charge in [-0.1, -0.05) is 41.9 Å². The summed E-state index contributed by atoms with van der Waals surface area (Å²) in [7, 11) is -19.3. The number of phenols is 1. The zero-order chi connectivity index (χ0) is 35.6. The van der Waals surface area contributed by atoms with Gasteiger partial charge in [-0.15, -0.1) is 10.2 Å². The fourth-order valence-electron chi connectivity index (χ4n) is 4.60. The van der Waals surface area contributed by atoms with Crippen LogP contribution in [-0.2, 0) is 40.2 Å². The zero-order valence-corrected chi connectivity index (χ0v) is 37.1. The van der Waals surface area contributed by atoms with E-state index in [4.69, 9.17) is 11.6 Å². The summed E-state index contributed by atoms with van der Waals surface area (Å²) in [6.45, 7) is 1.33. The van der Waals surface area contributed by atoms with Gasteiger partial charge in [0.25, 0.3) is 30.4 Å². The number of nitrogens with one attached hydrogen (secondary N) is 1. The van der Waals surface area contributed by atoms with E-state index in [9.17, 15) is 52.4 Å². The molecule has 51 heavy (non-hydrogen) atoms. The first-order valence-corrected chi connectivity index (χ1v) is 19.4. The van der Waals surface area contributed by atoms with Gasteiger partial charge in [-0.25, -0.2) is 13.4 Å². The molecule has 0 aliphatic carbocycles. The van der Waals surface area contributed by atoms with Gasteiger partial charge in [-0.05, 0) is 42.0 Å². The largest absolute Gasteiger partial charge is 0.505 e. The molecule has 0 saturated carbocycles. The smallest absolute Gasteiger partial charge is 0.297 e. The molecule has 0 atom stereocenters. The van der Waals surface area contributed by atoms with E-state index in [0.717, 1.165) is 24.5 Å². The molecular formula is C26H20ClN5Na3O12S4. The molecule has 5 N–H and O–H groups in total. The van der Waals surface area contributed by atoms with Crippen LogP contribution in [0.5, 0.6) is 5.75 Å². The second-order valence-electron chi connectivity index (χ2n) is 10.1. The molecule has 0 bridgehead atoms. The van der Waals surface area contributed by atoms with E-state index in [-0.39, 0.29) is 105 Å². The third-order valence-corrected chi connectivity index (χ3v) is 10.6. The van der Waals surface area contributed by atoms with Crippen molar-refractivity contribution in [1.29, 1.82) is 0 Å². The maximum absolute atomic E-state index is 12.5. The third kappa shape index (κ3) is 9.85. The van der Waals surface area contributed by atoms with Crippen LogP contribution in [0.25, 0.3) is 21.5 Å². The molecule has 5 rings (SSSR count). The fraction of sp³-hybridized carbons (Fsp3) is 0.0769. The molecule has 0 unspecified atom stereocenters. The fourth-order valence-corrected chi connectivity index (χ4v) is 7.32. The summed E-state index contributed by atoms with van der Waals surface area (Å²) in [6.07, 6.45) is 0.802. The van der Waals surface area contributed by atoms with E-state index >= 15 is 0 Å². The molecule has 1 heterocycles. The number of aromatic hydroxyl groups is 1. The molecule has 4 aromatic carbocycles. The molecule has 17 nitrogen and oxygen atoms in total. The first-order valence-electron chi connectivity index (χ1n) is 12.8. The average molecular weight is 827 g/mol. The molecule has 1 aromatic heterocycles. The van der Waals surface area contributed by atoms with E-state index in [0.29, 0.717) is 11.5 Å². The minimum absolute atomic E-state index is 0. The number of rotatable bonds is 8. The van der Waals surface area contributed by atoms with Crippen molar-refractivity contribution in [3.63, 3.8) is 0 Å². The van der Waals surface area contributed by atoms with Crippen molar-refractivity contribution >= 4 is 185 Å². The van der Waals surface area contributed by atoms with E-state index in [1.165, 1.54) is 31.2 Å². The summed E-state index contributed by atoms with van der Waals surface area (Å²) < 4.78 is 128. The molecule has 3 radical (unpaired) electrons. The summed E-state index contributed by atoms with van der Waals surface area (Å²) in [4.78, 5) is 4.93. The van der Waals surface area contributed by atoms with Crippen LogP contribution in [0, 0.1) is 6.92 Å². The van der Waals surface area contributed by atoms with Crippen LogP contribution in [0.2, 0.25) is 5.02 Å². The van der Waals surface area contributed by atoms with Crippen LogP contribution >= 0.6 is 11.6 Å². The molecule has 0 spiro atoms. The molecule has 0 fully saturated rings. The average Bonchev–Trinajstić information content (AvgIpc) is 2.96. The summed E-state index contributed by atoms with van der Waals surface area (Å²) in [5.41, 5.74) is -1.99. The van der Waals surface area contributed by atoms with Crippen LogP contribution in [0.1, 0.15) is 5.69 Å². The van der Waals surface area contributed by atoms with Gasteiger partial charge in [0.15, 0.2) is 11.6 Å².